The minimum atomic E-state index is 0.198. The highest BCUT2D eigenvalue weighted by molar-refractivity contribution is 5.94. The predicted octanol–water partition coefficient (Wildman–Crippen LogP) is 12.0. The molecule has 1 aromatic heterocycles. The summed E-state index contributed by atoms with van der Waals surface area (Å²) in [6.07, 6.45) is 8.42. The fourth-order valence-corrected chi connectivity index (χ4v) is 8.03. The van der Waals surface area contributed by atoms with Crippen molar-refractivity contribution in [1.82, 2.24) is 4.57 Å². The van der Waals surface area contributed by atoms with Crippen molar-refractivity contribution in [3.63, 3.8) is 0 Å². The summed E-state index contributed by atoms with van der Waals surface area (Å²) in [5.41, 5.74) is 15.5. The Balaban J connectivity index is 1.05. The van der Waals surface area contributed by atoms with E-state index < -0.39 is 0 Å². The highest BCUT2D eigenvalue weighted by Crippen LogP contribution is 2.53. The second-order valence-corrected chi connectivity index (χ2v) is 13.2. The van der Waals surface area contributed by atoms with Gasteiger partial charge in [-0.15, -0.1) is 0 Å². The maximum atomic E-state index is 2.55. The summed E-state index contributed by atoms with van der Waals surface area (Å²) < 4.78 is 2.44. The molecule has 1 aliphatic heterocycles. The molecule has 7 aromatic rings. The summed E-state index contributed by atoms with van der Waals surface area (Å²) >= 11 is 0. The zero-order valence-corrected chi connectivity index (χ0v) is 27.3. The van der Waals surface area contributed by atoms with Crippen LogP contribution in [-0.4, -0.2) is 10.6 Å². The summed E-state index contributed by atoms with van der Waals surface area (Å²) in [5.74, 6) is 0.240. The van der Waals surface area contributed by atoms with Crippen LogP contribution in [0.3, 0.4) is 0 Å². The van der Waals surface area contributed by atoms with Crippen molar-refractivity contribution in [2.45, 2.75) is 38.1 Å². The van der Waals surface area contributed by atoms with Crippen molar-refractivity contribution >= 4 is 28.4 Å². The van der Waals surface area contributed by atoms with Crippen LogP contribution < -0.4 is 4.90 Å². The minimum Gasteiger partial charge on any atom is -0.333 e. The molecule has 0 fully saturated rings. The van der Waals surface area contributed by atoms with Crippen molar-refractivity contribution in [3.05, 3.63) is 180 Å². The molecule has 6 aromatic carbocycles. The van der Waals surface area contributed by atoms with Gasteiger partial charge < -0.3 is 9.47 Å². The van der Waals surface area contributed by atoms with Gasteiger partial charge in [-0.25, -0.2) is 0 Å². The number of fused-ring (bicyclic) bond motifs is 7. The SMILES string of the molecule is CCCCc1ccc(-c2ccc(-c3ccc(N4c5ccccc5C5c6c(n(-c7ccccc7)c7ccccc67)C=CC54)cc3)cc2)cc1. The Labute approximate surface area is 283 Å². The van der Waals surface area contributed by atoms with Gasteiger partial charge in [0.05, 0.1) is 17.3 Å². The Morgan fingerprint density at radius 2 is 1.17 bits per heavy atom. The number of aryl methyl sites for hydroxylation is 1. The molecule has 232 valence electrons. The monoisotopic (exact) mass is 618 g/mol. The number of nitrogens with zero attached hydrogens (tertiary/aromatic N) is 2. The average Bonchev–Trinajstić information content (AvgIpc) is 3.68. The maximum absolute atomic E-state index is 2.55. The molecule has 2 unspecified atom stereocenters. The van der Waals surface area contributed by atoms with Crippen molar-refractivity contribution in [1.29, 1.82) is 0 Å². The van der Waals surface area contributed by atoms with Crippen LogP contribution in [0.2, 0.25) is 0 Å². The first-order chi connectivity index (χ1) is 23.8. The van der Waals surface area contributed by atoms with Gasteiger partial charge in [-0.1, -0.05) is 135 Å². The van der Waals surface area contributed by atoms with Crippen LogP contribution in [0.4, 0.5) is 11.4 Å². The molecule has 9 rings (SSSR count). The number of aromatic nitrogens is 1. The van der Waals surface area contributed by atoms with Crippen molar-refractivity contribution in [3.8, 4) is 27.9 Å². The van der Waals surface area contributed by atoms with E-state index in [9.17, 15) is 0 Å². The van der Waals surface area contributed by atoms with Crippen LogP contribution >= 0.6 is 0 Å². The largest absolute Gasteiger partial charge is 0.333 e. The van der Waals surface area contributed by atoms with E-state index in [1.807, 2.05) is 0 Å². The van der Waals surface area contributed by atoms with E-state index in [1.54, 1.807) is 0 Å². The van der Waals surface area contributed by atoms with Gasteiger partial charge in [0.1, 0.15) is 0 Å². The topological polar surface area (TPSA) is 8.17 Å². The molecule has 1 aliphatic carbocycles. The fraction of sp³-hybridized carbons (Fsp3) is 0.130. The number of hydrogen-bond donors (Lipinski definition) is 0. The Bertz CT molecular complexity index is 2260. The lowest BCUT2D eigenvalue weighted by Crippen LogP contribution is -2.30. The van der Waals surface area contributed by atoms with Gasteiger partial charge >= 0.3 is 0 Å². The molecule has 0 bridgehead atoms. The maximum Gasteiger partial charge on any atom is 0.0637 e. The molecule has 0 N–H and O–H groups in total. The number of unbranched alkanes of at least 4 members (excludes halogenated alkanes) is 1. The van der Waals surface area contributed by atoms with Gasteiger partial charge in [-0.05, 0) is 94.3 Å². The summed E-state index contributed by atoms with van der Waals surface area (Å²) in [6.45, 7) is 2.25. The lowest BCUT2D eigenvalue weighted by Gasteiger charge is -2.31. The number of para-hydroxylation sites is 3. The predicted molar refractivity (Wildman–Crippen MR) is 202 cm³/mol. The van der Waals surface area contributed by atoms with Gasteiger partial charge in [0.15, 0.2) is 0 Å². The van der Waals surface area contributed by atoms with Crippen LogP contribution in [0.5, 0.6) is 0 Å². The van der Waals surface area contributed by atoms with Crippen molar-refractivity contribution in [2.24, 2.45) is 0 Å². The lowest BCUT2D eigenvalue weighted by atomic mass is 9.82. The molecule has 0 amide bonds. The third kappa shape index (κ3) is 4.71. The molecule has 0 radical (unpaired) electrons. The van der Waals surface area contributed by atoms with Gasteiger partial charge in [-0.2, -0.15) is 0 Å². The molecule has 2 aliphatic rings. The van der Waals surface area contributed by atoms with E-state index in [4.69, 9.17) is 0 Å². The van der Waals surface area contributed by atoms with Crippen LogP contribution in [0.15, 0.2) is 158 Å². The molecule has 2 nitrogen and oxygen atoms in total. The van der Waals surface area contributed by atoms with Crippen LogP contribution in [0.1, 0.15) is 48.1 Å². The van der Waals surface area contributed by atoms with E-state index in [2.05, 4.69) is 180 Å². The van der Waals surface area contributed by atoms with E-state index in [1.165, 1.54) is 85.4 Å². The number of benzene rings is 6. The molecule has 0 saturated heterocycles. The summed E-state index contributed by atoms with van der Waals surface area (Å²) in [5, 5.41) is 1.33. The second kappa shape index (κ2) is 11.9. The third-order valence-corrected chi connectivity index (χ3v) is 10.4. The third-order valence-electron chi connectivity index (χ3n) is 10.4. The average molecular weight is 619 g/mol. The molecule has 0 saturated carbocycles. The Morgan fingerprint density at radius 3 is 1.88 bits per heavy atom. The minimum absolute atomic E-state index is 0.198. The highest BCUT2D eigenvalue weighted by Gasteiger charge is 2.43. The summed E-state index contributed by atoms with van der Waals surface area (Å²) in [7, 11) is 0. The van der Waals surface area contributed by atoms with Crippen molar-refractivity contribution < 1.29 is 0 Å². The first-order valence-corrected chi connectivity index (χ1v) is 17.3. The second-order valence-electron chi connectivity index (χ2n) is 13.2. The standard InChI is InChI=1S/C46H38N2/c1-2-3-11-32-18-20-33(21-19-32)34-22-24-35(25-23-34)36-26-28-38(29-27-36)48-42-17-10-8-15-40(42)46-44(48)31-30-43-45(46)39-14-7-9-16-41(39)47(43)37-12-5-4-6-13-37/h4-10,12-31,44,46H,2-3,11H2,1H3. The Hall–Kier alpha value is -5.60. The number of anilines is 2. The van der Waals surface area contributed by atoms with E-state index in [0.29, 0.717) is 0 Å². The number of hydrogen-bond acceptors (Lipinski definition) is 1. The van der Waals surface area contributed by atoms with Crippen molar-refractivity contribution in [2.75, 3.05) is 4.90 Å². The smallest absolute Gasteiger partial charge is 0.0637 e. The quantitative estimate of drug-likeness (QED) is 0.173. The highest BCUT2D eigenvalue weighted by atomic mass is 15.2. The van der Waals surface area contributed by atoms with E-state index in [0.717, 1.165) is 6.42 Å². The van der Waals surface area contributed by atoms with Gasteiger partial charge in [0.2, 0.25) is 0 Å². The first kappa shape index (κ1) is 28.6. The molecule has 0 spiro atoms. The van der Waals surface area contributed by atoms with Crippen LogP contribution in [-0.2, 0) is 6.42 Å². The summed E-state index contributed by atoms with van der Waals surface area (Å²) in [4.78, 5) is 2.55. The molecule has 2 heteroatoms. The van der Waals surface area contributed by atoms with Gasteiger partial charge in [0, 0.05) is 28.4 Å². The fourth-order valence-electron chi connectivity index (χ4n) is 8.03. The van der Waals surface area contributed by atoms with Crippen LogP contribution in [0.25, 0.3) is 44.9 Å². The normalized spacial score (nSPS) is 16.1. The van der Waals surface area contributed by atoms with E-state index >= 15 is 0 Å². The zero-order chi connectivity index (χ0) is 32.0. The van der Waals surface area contributed by atoms with E-state index in [-0.39, 0.29) is 12.0 Å². The lowest BCUT2D eigenvalue weighted by molar-refractivity contribution is 0.725. The van der Waals surface area contributed by atoms with Gasteiger partial charge in [-0.3, -0.25) is 0 Å². The van der Waals surface area contributed by atoms with Crippen LogP contribution in [0, 0.1) is 0 Å². The first-order valence-electron chi connectivity index (χ1n) is 17.3. The molecule has 48 heavy (non-hydrogen) atoms. The number of rotatable bonds is 7. The molecular weight excluding hydrogens is 581 g/mol. The zero-order valence-electron chi connectivity index (χ0n) is 27.3. The Morgan fingerprint density at radius 1 is 0.562 bits per heavy atom. The van der Waals surface area contributed by atoms with Gasteiger partial charge in [0.25, 0.3) is 0 Å². The Kier molecular flexibility index (Phi) is 7.08. The molecular formula is C46H38N2. The summed E-state index contributed by atoms with van der Waals surface area (Å²) in [6, 6.07) is 56.1. The molecule has 2 atom stereocenters. The molecule has 2 heterocycles.